The summed E-state index contributed by atoms with van der Waals surface area (Å²) in [5.74, 6) is 0.352. The van der Waals surface area contributed by atoms with Crippen LogP contribution in [0.15, 0.2) is 11.4 Å². The van der Waals surface area contributed by atoms with E-state index in [-0.39, 0.29) is 5.41 Å². The van der Waals surface area contributed by atoms with Crippen LogP contribution in [0.25, 0.3) is 0 Å². The van der Waals surface area contributed by atoms with Crippen molar-refractivity contribution in [2.24, 2.45) is 0 Å². The Morgan fingerprint density at radius 1 is 1.62 bits per heavy atom. The van der Waals surface area contributed by atoms with E-state index in [1.165, 1.54) is 10.4 Å². The molecule has 0 aliphatic heterocycles. The molecule has 0 aromatic carbocycles. The zero-order valence-corrected chi connectivity index (χ0v) is 8.91. The van der Waals surface area contributed by atoms with Gasteiger partial charge in [0.05, 0.1) is 5.41 Å². The zero-order valence-electron chi connectivity index (χ0n) is 8.09. The molecule has 0 spiro atoms. The lowest BCUT2D eigenvalue weighted by atomic mass is 9.96. The van der Waals surface area contributed by atoms with E-state index in [9.17, 15) is 4.79 Å². The summed E-state index contributed by atoms with van der Waals surface area (Å²) in [5, 5.41) is 2.11. The third kappa shape index (κ3) is 1.24. The molecule has 0 amide bonds. The van der Waals surface area contributed by atoms with Crippen molar-refractivity contribution in [2.75, 3.05) is 0 Å². The minimum Gasteiger partial charge on any atom is -0.299 e. The second-order valence-electron chi connectivity index (χ2n) is 3.77. The third-order valence-electron chi connectivity index (χ3n) is 2.99. The average Bonchev–Trinajstić information content (AvgIpc) is 2.78. The van der Waals surface area contributed by atoms with E-state index in [0.717, 1.165) is 19.3 Å². The van der Waals surface area contributed by atoms with E-state index in [1.807, 2.05) is 0 Å². The van der Waals surface area contributed by atoms with Crippen LogP contribution in [0.1, 0.15) is 37.1 Å². The second kappa shape index (κ2) is 2.95. The molecule has 1 aromatic rings. The van der Waals surface area contributed by atoms with Crippen molar-refractivity contribution in [1.82, 2.24) is 0 Å². The Morgan fingerprint density at radius 2 is 2.31 bits per heavy atom. The Balaban J connectivity index is 2.40. The third-order valence-corrected chi connectivity index (χ3v) is 4.15. The first-order chi connectivity index (χ1) is 6.20. The van der Waals surface area contributed by atoms with Crippen molar-refractivity contribution in [3.8, 4) is 0 Å². The molecule has 0 N–H and O–H groups in total. The van der Waals surface area contributed by atoms with E-state index in [0.29, 0.717) is 5.78 Å². The van der Waals surface area contributed by atoms with Crippen LogP contribution in [-0.2, 0) is 16.6 Å². The maximum atomic E-state index is 11.5. The fourth-order valence-electron chi connectivity index (χ4n) is 1.90. The number of hydrogen-bond acceptors (Lipinski definition) is 2. The lowest BCUT2D eigenvalue weighted by Crippen LogP contribution is -2.16. The summed E-state index contributed by atoms with van der Waals surface area (Å²) in [5.41, 5.74) is 1.32. The maximum absolute atomic E-state index is 11.5. The van der Waals surface area contributed by atoms with Gasteiger partial charge in [-0.25, -0.2) is 0 Å². The minimum absolute atomic E-state index is 0.0560. The highest BCUT2D eigenvalue weighted by Crippen LogP contribution is 2.52. The molecule has 0 unspecified atom stereocenters. The second-order valence-corrected chi connectivity index (χ2v) is 4.68. The number of carbonyl (C=O) groups excluding carboxylic acids is 1. The molecule has 1 nitrogen and oxygen atoms in total. The van der Waals surface area contributed by atoms with Gasteiger partial charge in [-0.05, 0) is 43.2 Å². The summed E-state index contributed by atoms with van der Waals surface area (Å²) in [6.07, 6.45) is 3.18. The molecular formula is C11H14OS. The molecule has 0 radical (unpaired) electrons. The Kier molecular flexibility index (Phi) is 2.03. The van der Waals surface area contributed by atoms with Crippen LogP contribution < -0.4 is 0 Å². The highest BCUT2D eigenvalue weighted by molar-refractivity contribution is 7.10. The van der Waals surface area contributed by atoms with Crippen molar-refractivity contribution in [1.29, 1.82) is 0 Å². The van der Waals surface area contributed by atoms with Crippen LogP contribution in [0.3, 0.4) is 0 Å². The smallest absolute Gasteiger partial charge is 0.141 e. The van der Waals surface area contributed by atoms with Crippen LogP contribution in [0.4, 0.5) is 0 Å². The van der Waals surface area contributed by atoms with Crippen molar-refractivity contribution < 1.29 is 4.79 Å². The number of thiophene rings is 1. The normalized spacial score (nSPS) is 18.6. The van der Waals surface area contributed by atoms with Crippen LogP contribution >= 0.6 is 11.3 Å². The van der Waals surface area contributed by atoms with Crippen molar-refractivity contribution in [2.45, 2.75) is 38.5 Å². The summed E-state index contributed by atoms with van der Waals surface area (Å²) in [6.45, 7) is 3.88. The molecule has 70 valence electrons. The highest BCUT2D eigenvalue weighted by Gasteiger charge is 2.50. The highest BCUT2D eigenvalue weighted by atomic mass is 32.1. The van der Waals surface area contributed by atoms with Crippen LogP contribution in [0.2, 0.25) is 0 Å². The van der Waals surface area contributed by atoms with Crippen LogP contribution in [0, 0.1) is 0 Å². The number of hydrogen-bond donors (Lipinski definition) is 0. The monoisotopic (exact) mass is 194 g/mol. The Hall–Kier alpha value is -0.630. The van der Waals surface area contributed by atoms with Gasteiger partial charge in [-0.1, -0.05) is 6.92 Å². The van der Waals surface area contributed by atoms with E-state index in [1.54, 1.807) is 18.3 Å². The van der Waals surface area contributed by atoms with Crippen molar-refractivity contribution >= 4 is 17.1 Å². The number of Topliss-reactive ketones (excluding diaryl/α,β-unsaturated/α-hetero) is 1. The topological polar surface area (TPSA) is 17.1 Å². The summed E-state index contributed by atoms with van der Waals surface area (Å²) in [4.78, 5) is 12.8. The number of rotatable bonds is 3. The van der Waals surface area contributed by atoms with Gasteiger partial charge in [-0.3, -0.25) is 4.79 Å². The quantitative estimate of drug-likeness (QED) is 0.723. The predicted molar refractivity (Wildman–Crippen MR) is 55.3 cm³/mol. The van der Waals surface area contributed by atoms with Crippen LogP contribution in [0.5, 0.6) is 0 Å². The fourth-order valence-corrected chi connectivity index (χ4v) is 3.20. The lowest BCUT2D eigenvalue weighted by molar-refractivity contribution is -0.119. The van der Waals surface area contributed by atoms with Crippen molar-refractivity contribution in [3.63, 3.8) is 0 Å². The molecule has 0 bridgehead atoms. The first kappa shape index (κ1) is 8.95. The number of carbonyl (C=O) groups is 1. The van der Waals surface area contributed by atoms with Gasteiger partial charge < -0.3 is 0 Å². The van der Waals surface area contributed by atoms with Crippen molar-refractivity contribution in [3.05, 3.63) is 21.9 Å². The standard InChI is InChI=1S/C11H14OS/c1-3-9-4-7-13-10(9)11(5-6-11)8(2)12/h4,7H,3,5-6H2,1-2H3. The SMILES string of the molecule is CCc1ccsc1C1(C(C)=O)CC1. The largest absolute Gasteiger partial charge is 0.299 e. The average molecular weight is 194 g/mol. The van der Waals surface area contributed by atoms with Gasteiger partial charge in [-0.15, -0.1) is 11.3 Å². The summed E-state index contributed by atoms with van der Waals surface area (Å²) in [6, 6.07) is 2.16. The van der Waals surface area contributed by atoms with E-state index >= 15 is 0 Å². The van der Waals surface area contributed by atoms with Gasteiger partial charge in [0, 0.05) is 4.88 Å². The molecule has 1 aromatic heterocycles. The Bertz CT molecular complexity index is 334. The lowest BCUT2D eigenvalue weighted by Gasteiger charge is -2.10. The molecule has 1 aliphatic rings. The summed E-state index contributed by atoms with van der Waals surface area (Å²) < 4.78 is 0. The molecule has 0 saturated heterocycles. The summed E-state index contributed by atoms with van der Waals surface area (Å²) in [7, 11) is 0. The molecule has 1 fully saturated rings. The van der Waals surface area contributed by atoms with Gasteiger partial charge >= 0.3 is 0 Å². The molecular weight excluding hydrogens is 180 g/mol. The van der Waals surface area contributed by atoms with Gasteiger partial charge in [0.25, 0.3) is 0 Å². The molecule has 2 rings (SSSR count). The first-order valence-corrected chi connectivity index (χ1v) is 5.66. The Labute approximate surface area is 82.8 Å². The van der Waals surface area contributed by atoms with E-state index < -0.39 is 0 Å². The number of aryl methyl sites for hydroxylation is 1. The molecule has 1 aliphatic carbocycles. The molecule has 2 heteroatoms. The van der Waals surface area contributed by atoms with E-state index in [2.05, 4.69) is 18.4 Å². The van der Waals surface area contributed by atoms with Crippen LogP contribution in [-0.4, -0.2) is 5.78 Å². The fraction of sp³-hybridized carbons (Fsp3) is 0.545. The summed E-state index contributed by atoms with van der Waals surface area (Å²) >= 11 is 1.75. The van der Waals surface area contributed by atoms with Gasteiger partial charge in [-0.2, -0.15) is 0 Å². The number of ketones is 1. The molecule has 13 heavy (non-hydrogen) atoms. The van der Waals surface area contributed by atoms with Gasteiger partial charge in [0.2, 0.25) is 0 Å². The van der Waals surface area contributed by atoms with E-state index in [4.69, 9.17) is 0 Å². The zero-order chi connectivity index (χ0) is 9.47. The van der Waals surface area contributed by atoms with Gasteiger partial charge in [0.15, 0.2) is 0 Å². The van der Waals surface area contributed by atoms with Gasteiger partial charge in [0.1, 0.15) is 5.78 Å². The molecule has 1 saturated carbocycles. The maximum Gasteiger partial charge on any atom is 0.141 e. The minimum atomic E-state index is -0.0560. The predicted octanol–water partition coefficient (Wildman–Crippen LogP) is 2.93. The molecule has 0 atom stereocenters. The first-order valence-electron chi connectivity index (χ1n) is 4.78. The Morgan fingerprint density at radius 3 is 2.77 bits per heavy atom. The molecule has 1 heterocycles.